The zero-order chi connectivity index (χ0) is 18.7. The molecule has 0 aliphatic carbocycles. The van der Waals surface area contributed by atoms with Gasteiger partial charge in [-0.05, 0) is 24.0 Å². The number of aromatic nitrogens is 2. The fourth-order valence-electron chi connectivity index (χ4n) is 2.73. The summed E-state index contributed by atoms with van der Waals surface area (Å²) in [6.07, 6.45) is 0. The van der Waals surface area contributed by atoms with Crippen LogP contribution in [-0.2, 0) is 13.1 Å². The van der Waals surface area contributed by atoms with Crippen LogP contribution in [0.4, 0.5) is 11.5 Å². The predicted octanol–water partition coefficient (Wildman–Crippen LogP) is 3.15. The zero-order valence-electron chi connectivity index (χ0n) is 15.0. The molecule has 2 rings (SSSR count). The molecule has 0 aromatic carbocycles. The second-order valence-corrected chi connectivity index (χ2v) is 8.78. The summed E-state index contributed by atoms with van der Waals surface area (Å²) in [5.74, 6) is 0.763. The number of rotatable bonds is 7. The lowest BCUT2D eigenvalue weighted by Gasteiger charge is -2.27. The number of H-pyrrole nitrogens is 1. The molecule has 0 aliphatic rings. The van der Waals surface area contributed by atoms with Gasteiger partial charge in [-0.2, -0.15) is 0 Å². The van der Waals surface area contributed by atoms with Crippen molar-refractivity contribution in [2.75, 3.05) is 17.2 Å². The van der Waals surface area contributed by atoms with Gasteiger partial charge in [0, 0.05) is 18.0 Å². The first kappa shape index (κ1) is 19.6. The van der Waals surface area contributed by atoms with Gasteiger partial charge < -0.3 is 10.6 Å². The van der Waals surface area contributed by atoms with E-state index < -0.39 is 11.2 Å². The molecule has 0 bridgehead atoms. The fraction of sp³-hybridized carbons (Fsp3) is 0.529. The van der Waals surface area contributed by atoms with E-state index in [-0.39, 0.29) is 11.7 Å². The average Bonchev–Trinajstić information content (AvgIpc) is 2.87. The number of nitrogen functional groups attached to an aromatic ring is 1. The van der Waals surface area contributed by atoms with Gasteiger partial charge in [0.15, 0.2) is 0 Å². The second kappa shape index (κ2) is 8.10. The van der Waals surface area contributed by atoms with Crippen LogP contribution in [0.5, 0.6) is 0 Å². The molecule has 0 fully saturated rings. The van der Waals surface area contributed by atoms with Gasteiger partial charge in [0.05, 0.1) is 10.9 Å². The fourth-order valence-corrected chi connectivity index (χ4v) is 3.83. The van der Waals surface area contributed by atoms with Crippen molar-refractivity contribution in [1.82, 2.24) is 9.55 Å². The number of halogens is 1. The number of aromatic amines is 1. The number of nitrogens with two attached hydrogens (primary N) is 1. The van der Waals surface area contributed by atoms with E-state index in [4.69, 9.17) is 17.3 Å². The minimum absolute atomic E-state index is 0.214. The van der Waals surface area contributed by atoms with Gasteiger partial charge in [-0.15, -0.1) is 11.3 Å². The highest BCUT2D eigenvalue weighted by Gasteiger charge is 2.21. The number of hydrogen-bond donors (Lipinski definition) is 2. The summed E-state index contributed by atoms with van der Waals surface area (Å²) < 4.78 is 2.14. The molecule has 0 radical (unpaired) electrons. The van der Waals surface area contributed by atoms with Crippen molar-refractivity contribution < 1.29 is 0 Å². The van der Waals surface area contributed by atoms with E-state index in [0.717, 1.165) is 4.88 Å². The second-order valence-electron chi connectivity index (χ2n) is 6.98. The molecule has 2 heterocycles. The van der Waals surface area contributed by atoms with Crippen molar-refractivity contribution in [2.45, 2.75) is 40.8 Å². The zero-order valence-corrected chi connectivity index (χ0v) is 16.6. The van der Waals surface area contributed by atoms with Crippen LogP contribution < -0.4 is 21.9 Å². The van der Waals surface area contributed by atoms with Gasteiger partial charge >= 0.3 is 5.69 Å². The minimum Gasteiger partial charge on any atom is -0.383 e. The molecule has 0 atom stereocenters. The topological polar surface area (TPSA) is 84.1 Å². The van der Waals surface area contributed by atoms with Crippen LogP contribution in [0.3, 0.4) is 0 Å². The maximum absolute atomic E-state index is 12.5. The van der Waals surface area contributed by atoms with E-state index in [0.29, 0.717) is 35.6 Å². The van der Waals surface area contributed by atoms with Crippen LogP contribution >= 0.6 is 22.9 Å². The van der Waals surface area contributed by atoms with Crippen molar-refractivity contribution in [3.63, 3.8) is 0 Å². The van der Waals surface area contributed by atoms with Gasteiger partial charge in [-0.3, -0.25) is 14.3 Å². The lowest BCUT2D eigenvalue weighted by atomic mass is 10.2. The number of anilines is 2. The molecule has 0 saturated heterocycles. The summed E-state index contributed by atoms with van der Waals surface area (Å²) in [5.41, 5.74) is 5.67. The maximum Gasteiger partial charge on any atom is 0.330 e. The van der Waals surface area contributed by atoms with E-state index in [2.05, 4.69) is 18.8 Å². The molecule has 2 aromatic rings. The Bertz CT molecular complexity index is 838. The number of hydrogen-bond acceptors (Lipinski definition) is 5. The van der Waals surface area contributed by atoms with E-state index >= 15 is 0 Å². The summed E-state index contributed by atoms with van der Waals surface area (Å²) in [4.78, 5) is 30.0. The number of nitrogens with one attached hydrogen (secondary N) is 1. The molecule has 2 aromatic heterocycles. The third-order valence-electron chi connectivity index (χ3n) is 3.64. The quantitative estimate of drug-likeness (QED) is 0.767. The van der Waals surface area contributed by atoms with Crippen LogP contribution in [0.15, 0.2) is 21.7 Å². The molecule has 3 N–H and O–H groups in total. The van der Waals surface area contributed by atoms with Gasteiger partial charge in [0.2, 0.25) is 0 Å². The summed E-state index contributed by atoms with van der Waals surface area (Å²) in [5, 5.41) is 0. The monoisotopic (exact) mass is 384 g/mol. The SMILES string of the molecule is CC(C)CN(Cc1ccc(Cl)s1)c1c(N)n(CC(C)C)c(=O)[nH]c1=O. The highest BCUT2D eigenvalue weighted by atomic mass is 35.5. The molecular formula is C17H25ClN4O2S. The molecule has 25 heavy (non-hydrogen) atoms. The Kier molecular flexibility index (Phi) is 6.35. The molecule has 8 heteroatoms. The van der Waals surface area contributed by atoms with Gasteiger partial charge in [-0.25, -0.2) is 4.79 Å². The largest absolute Gasteiger partial charge is 0.383 e. The third kappa shape index (κ3) is 4.89. The van der Waals surface area contributed by atoms with E-state index in [9.17, 15) is 9.59 Å². The Hall–Kier alpha value is -1.73. The highest BCUT2D eigenvalue weighted by molar-refractivity contribution is 7.16. The Morgan fingerprint density at radius 2 is 1.92 bits per heavy atom. The van der Waals surface area contributed by atoms with E-state index in [1.807, 2.05) is 30.9 Å². The predicted molar refractivity (Wildman–Crippen MR) is 106 cm³/mol. The van der Waals surface area contributed by atoms with Gasteiger partial charge in [0.25, 0.3) is 5.56 Å². The van der Waals surface area contributed by atoms with Crippen LogP contribution in [0, 0.1) is 11.8 Å². The van der Waals surface area contributed by atoms with Crippen LogP contribution in [0.2, 0.25) is 4.34 Å². The van der Waals surface area contributed by atoms with Crippen molar-refractivity contribution in [3.05, 3.63) is 42.2 Å². The molecule has 0 amide bonds. The molecule has 0 aliphatic heterocycles. The first-order valence-electron chi connectivity index (χ1n) is 8.30. The third-order valence-corrected chi connectivity index (χ3v) is 4.86. The molecule has 6 nitrogen and oxygen atoms in total. The summed E-state index contributed by atoms with van der Waals surface area (Å²) in [6, 6.07) is 3.78. The normalized spacial score (nSPS) is 11.5. The molecule has 138 valence electrons. The average molecular weight is 385 g/mol. The van der Waals surface area contributed by atoms with Crippen molar-refractivity contribution >= 4 is 34.4 Å². The summed E-state index contributed by atoms with van der Waals surface area (Å²) >= 11 is 7.49. The number of thiophene rings is 1. The molecule has 0 saturated carbocycles. The molecular weight excluding hydrogens is 360 g/mol. The van der Waals surface area contributed by atoms with Crippen molar-refractivity contribution in [3.8, 4) is 0 Å². The lowest BCUT2D eigenvalue weighted by molar-refractivity contribution is 0.506. The van der Waals surface area contributed by atoms with E-state index in [1.165, 1.54) is 15.9 Å². The van der Waals surface area contributed by atoms with Crippen molar-refractivity contribution in [1.29, 1.82) is 0 Å². The lowest BCUT2D eigenvalue weighted by Crippen LogP contribution is -2.40. The Morgan fingerprint density at radius 3 is 2.44 bits per heavy atom. The number of nitrogens with zero attached hydrogens (tertiary/aromatic N) is 2. The highest BCUT2D eigenvalue weighted by Crippen LogP contribution is 2.26. The first-order chi connectivity index (χ1) is 11.7. The van der Waals surface area contributed by atoms with Crippen LogP contribution in [0.1, 0.15) is 32.6 Å². The first-order valence-corrected chi connectivity index (χ1v) is 9.50. The van der Waals surface area contributed by atoms with Gasteiger partial charge in [-0.1, -0.05) is 39.3 Å². The minimum atomic E-state index is -0.469. The Labute approximate surface area is 156 Å². The molecule has 0 unspecified atom stereocenters. The summed E-state index contributed by atoms with van der Waals surface area (Å²) in [6.45, 7) is 9.75. The van der Waals surface area contributed by atoms with E-state index in [1.54, 1.807) is 0 Å². The molecule has 0 spiro atoms. The smallest absolute Gasteiger partial charge is 0.330 e. The maximum atomic E-state index is 12.5. The Morgan fingerprint density at radius 1 is 1.24 bits per heavy atom. The van der Waals surface area contributed by atoms with Crippen molar-refractivity contribution in [2.24, 2.45) is 11.8 Å². The van der Waals surface area contributed by atoms with Crippen LogP contribution in [-0.4, -0.2) is 16.1 Å². The van der Waals surface area contributed by atoms with Gasteiger partial charge in [0.1, 0.15) is 11.5 Å². The van der Waals surface area contributed by atoms with Crippen LogP contribution in [0.25, 0.3) is 0 Å². The Balaban J connectivity index is 2.51. The summed E-state index contributed by atoms with van der Waals surface area (Å²) in [7, 11) is 0. The standard InChI is InChI=1S/C17H25ClN4O2S/c1-10(2)7-21(9-12-5-6-13(18)25-12)14-15(19)22(8-11(3)4)17(24)20-16(14)23/h5-6,10-11H,7-9,19H2,1-4H3,(H,20,23,24).